The Morgan fingerprint density at radius 2 is 2.05 bits per heavy atom. The van der Waals surface area contributed by atoms with Crippen LogP contribution >= 0.6 is 0 Å². The second-order valence-electron chi connectivity index (χ2n) is 3.53. The predicted octanol–water partition coefficient (Wildman–Crippen LogP) is 2.01. The molecule has 20 heavy (non-hydrogen) atoms. The highest BCUT2D eigenvalue weighted by molar-refractivity contribution is 5.84. The van der Waals surface area contributed by atoms with Gasteiger partial charge in [-0.15, -0.1) is 10.2 Å². The number of benzene rings is 1. The molecule has 1 N–H and O–H groups in total. The number of aromatic nitrogens is 2. The van der Waals surface area contributed by atoms with Crippen molar-refractivity contribution >= 4 is 11.7 Å². The Kier molecular flexibility index (Phi) is 3.51. The van der Waals surface area contributed by atoms with Crippen LogP contribution in [0.25, 0.3) is 0 Å². The Balaban J connectivity index is 2.19. The standard InChI is InChI=1S/C11H6FN3O5/c12-7-5-6(1-3-9(7)15(18)19)20-10-4-2-8(11(16)17)13-14-10/h1-5H,(H,16,17). The van der Waals surface area contributed by atoms with Gasteiger partial charge in [-0.3, -0.25) is 10.1 Å². The minimum absolute atomic E-state index is 0.0227. The average Bonchev–Trinajstić information content (AvgIpc) is 2.39. The van der Waals surface area contributed by atoms with Gasteiger partial charge >= 0.3 is 11.7 Å². The summed E-state index contributed by atoms with van der Waals surface area (Å²) in [5.41, 5.74) is -0.947. The lowest BCUT2D eigenvalue weighted by atomic mass is 10.3. The van der Waals surface area contributed by atoms with Gasteiger partial charge in [0.05, 0.1) is 4.92 Å². The van der Waals surface area contributed by atoms with Crippen molar-refractivity contribution in [3.05, 3.63) is 52.0 Å². The van der Waals surface area contributed by atoms with Crippen LogP contribution in [0.15, 0.2) is 30.3 Å². The van der Waals surface area contributed by atoms with E-state index in [4.69, 9.17) is 9.84 Å². The first kappa shape index (κ1) is 13.3. The number of rotatable bonds is 4. The van der Waals surface area contributed by atoms with Gasteiger partial charge in [0.2, 0.25) is 11.7 Å². The van der Waals surface area contributed by atoms with Gasteiger partial charge in [0, 0.05) is 18.2 Å². The van der Waals surface area contributed by atoms with Crippen molar-refractivity contribution in [1.82, 2.24) is 10.2 Å². The van der Waals surface area contributed by atoms with Crippen LogP contribution in [0.1, 0.15) is 10.5 Å². The lowest BCUT2D eigenvalue weighted by Gasteiger charge is -2.04. The minimum Gasteiger partial charge on any atom is -0.476 e. The molecule has 1 aromatic carbocycles. The van der Waals surface area contributed by atoms with Crippen molar-refractivity contribution in [2.75, 3.05) is 0 Å². The summed E-state index contributed by atoms with van der Waals surface area (Å²) < 4.78 is 18.4. The van der Waals surface area contributed by atoms with E-state index in [0.717, 1.165) is 18.2 Å². The molecule has 1 aromatic heterocycles. The molecule has 9 heteroatoms. The van der Waals surface area contributed by atoms with Gasteiger partial charge in [-0.1, -0.05) is 0 Å². The fourth-order valence-corrected chi connectivity index (χ4v) is 1.31. The van der Waals surface area contributed by atoms with Crippen molar-refractivity contribution in [3.8, 4) is 11.6 Å². The number of aromatic carboxylic acids is 1. The zero-order valence-corrected chi connectivity index (χ0v) is 9.69. The summed E-state index contributed by atoms with van der Waals surface area (Å²) in [5.74, 6) is -2.39. The van der Waals surface area contributed by atoms with Gasteiger partial charge < -0.3 is 9.84 Å². The molecule has 0 radical (unpaired) electrons. The van der Waals surface area contributed by atoms with Crippen LogP contribution in [0.4, 0.5) is 10.1 Å². The lowest BCUT2D eigenvalue weighted by Crippen LogP contribution is -2.02. The highest BCUT2D eigenvalue weighted by Gasteiger charge is 2.15. The van der Waals surface area contributed by atoms with Crippen LogP contribution in [-0.4, -0.2) is 26.2 Å². The van der Waals surface area contributed by atoms with Crippen LogP contribution in [0, 0.1) is 15.9 Å². The zero-order chi connectivity index (χ0) is 14.7. The number of nitro groups is 1. The molecule has 0 saturated heterocycles. The number of nitrogens with zero attached hydrogens (tertiary/aromatic N) is 3. The first-order valence-corrected chi connectivity index (χ1v) is 5.16. The van der Waals surface area contributed by atoms with Crippen LogP contribution in [0.2, 0.25) is 0 Å². The van der Waals surface area contributed by atoms with E-state index in [2.05, 4.69) is 10.2 Å². The maximum Gasteiger partial charge on any atom is 0.356 e. The normalized spacial score (nSPS) is 10.1. The van der Waals surface area contributed by atoms with Gasteiger partial charge in [0.15, 0.2) is 5.69 Å². The molecule has 0 unspecified atom stereocenters. The summed E-state index contributed by atoms with van der Waals surface area (Å²) in [6, 6.07) is 5.35. The van der Waals surface area contributed by atoms with E-state index in [1.807, 2.05) is 0 Å². The second kappa shape index (κ2) is 5.26. The van der Waals surface area contributed by atoms with Crippen LogP contribution in [0.5, 0.6) is 11.6 Å². The third kappa shape index (κ3) is 2.83. The van der Waals surface area contributed by atoms with Crippen molar-refractivity contribution in [1.29, 1.82) is 0 Å². The van der Waals surface area contributed by atoms with Gasteiger partial charge in [0.1, 0.15) is 5.75 Å². The predicted molar refractivity (Wildman–Crippen MR) is 62.1 cm³/mol. The monoisotopic (exact) mass is 279 g/mol. The van der Waals surface area contributed by atoms with Crippen molar-refractivity contribution in [2.24, 2.45) is 0 Å². The SMILES string of the molecule is O=C(O)c1ccc(Oc2ccc([N+](=O)[O-])c(F)c2)nn1. The zero-order valence-electron chi connectivity index (χ0n) is 9.69. The van der Waals surface area contributed by atoms with Gasteiger partial charge in [-0.05, 0) is 12.1 Å². The molecular formula is C11H6FN3O5. The smallest absolute Gasteiger partial charge is 0.356 e. The summed E-state index contributed by atoms with van der Waals surface area (Å²) in [7, 11) is 0. The second-order valence-corrected chi connectivity index (χ2v) is 3.53. The topological polar surface area (TPSA) is 115 Å². The number of halogens is 1. The third-order valence-corrected chi connectivity index (χ3v) is 2.20. The largest absolute Gasteiger partial charge is 0.476 e. The maximum atomic E-state index is 13.3. The van der Waals surface area contributed by atoms with E-state index in [0.29, 0.717) is 0 Å². The van der Waals surface area contributed by atoms with E-state index in [1.165, 1.54) is 12.1 Å². The highest BCUT2D eigenvalue weighted by Crippen LogP contribution is 2.25. The fraction of sp³-hybridized carbons (Fsp3) is 0. The Bertz CT molecular complexity index is 674. The van der Waals surface area contributed by atoms with E-state index < -0.39 is 22.4 Å². The molecule has 0 atom stereocenters. The van der Waals surface area contributed by atoms with E-state index in [1.54, 1.807) is 0 Å². The molecule has 8 nitrogen and oxygen atoms in total. The Hall–Kier alpha value is -3.10. The summed E-state index contributed by atoms with van der Waals surface area (Å²) in [4.78, 5) is 20.1. The molecule has 0 amide bonds. The third-order valence-electron chi connectivity index (χ3n) is 2.20. The quantitative estimate of drug-likeness (QED) is 0.672. The summed E-state index contributed by atoms with van der Waals surface area (Å²) >= 11 is 0. The molecule has 0 aliphatic carbocycles. The molecular weight excluding hydrogens is 273 g/mol. The summed E-state index contributed by atoms with van der Waals surface area (Å²) in [5, 5.41) is 25.9. The Labute approximate surface area is 110 Å². The van der Waals surface area contributed by atoms with E-state index in [-0.39, 0.29) is 17.3 Å². The fourth-order valence-electron chi connectivity index (χ4n) is 1.31. The molecule has 0 fully saturated rings. The molecule has 0 aliphatic rings. The first-order valence-electron chi connectivity index (χ1n) is 5.16. The number of carboxylic acid groups (broad SMARTS) is 1. The number of hydrogen-bond acceptors (Lipinski definition) is 6. The lowest BCUT2D eigenvalue weighted by molar-refractivity contribution is -0.387. The summed E-state index contributed by atoms with van der Waals surface area (Å²) in [6.07, 6.45) is 0. The average molecular weight is 279 g/mol. The van der Waals surface area contributed by atoms with Gasteiger partial charge in [0.25, 0.3) is 0 Å². The Morgan fingerprint density at radius 3 is 2.55 bits per heavy atom. The number of ether oxygens (including phenoxy) is 1. The minimum atomic E-state index is -1.24. The van der Waals surface area contributed by atoms with Crippen LogP contribution < -0.4 is 4.74 Å². The molecule has 2 aromatic rings. The molecule has 0 bridgehead atoms. The van der Waals surface area contributed by atoms with Gasteiger partial charge in [-0.25, -0.2) is 4.79 Å². The number of carboxylic acids is 1. The molecule has 102 valence electrons. The Morgan fingerprint density at radius 1 is 1.30 bits per heavy atom. The maximum absolute atomic E-state index is 13.3. The first-order chi connectivity index (χ1) is 9.47. The van der Waals surface area contributed by atoms with Crippen molar-refractivity contribution < 1.29 is 24.0 Å². The van der Waals surface area contributed by atoms with Gasteiger partial charge in [-0.2, -0.15) is 4.39 Å². The molecule has 0 saturated carbocycles. The number of carbonyl (C=O) groups is 1. The van der Waals surface area contributed by atoms with Crippen molar-refractivity contribution in [3.63, 3.8) is 0 Å². The van der Waals surface area contributed by atoms with E-state index >= 15 is 0 Å². The molecule has 2 rings (SSSR count). The molecule has 0 aliphatic heterocycles. The molecule has 0 spiro atoms. The van der Waals surface area contributed by atoms with Crippen molar-refractivity contribution in [2.45, 2.75) is 0 Å². The van der Waals surface area contributed by atoms with E-state index in [9.17, 15) is 19.3 Å². The number of hydrogen-bond donors (Lipinski definition) is 1. The summed E-state index contributed by atoms with van der Waals surface area (Å²) in [6.45, 7) is 0. The number of nitro benzene ring substituents is 1. The molecule has 1 heterocycles. The highest BCUT2D eigenvalue weighted by atomic mass is 19.1. The van der Waals surface area contributed by atoms with Crippen LogP contribution in [0.3, 0.4) is 0 Å². The van der Waals surface area contributed by atoms with Crippen LogP contribution in [-0.2, 0) is 0 Å².